The molecule has 1 aliphatic heterocycles. The number of ether oxygens (including phenoxy) is 3. The predicted molar refractivity (Wildman–Crippen MR) is 116 cm³/mol. The Labute approximate surface area is 181 Å². The standard InChI is InChI=1S/C24H24N2O5/c1-4-29-21-13-19-11-15(2)30-22(19)12-17(21)9-10-23(27)31-16(3)24(28)26-20-8-6-5-7-18(20)14-25/h5-10,12-13,15-16H,4,11H2,1-3H3,(H,26,28)/b10-9+/t15-,16-/m0/s1. The summed E-state index contributed by atoms with van der Waals surface area (Å²) in [4.78, 5) is 24.6. The molecular weight excluding hydrogens is 396 g/mol. The summed E-state index contributed by atoms with van der Waals surface area (Å²) in [6.45, 7) is 5.84. The van der Waals surface area contributed by atoms with Crippen molar-refractivity contribution < 1.29 is 23.8 Å². The van der Waals surface area contributed by atoms with Crippen molar-refractivity contribution in [3.8, 4) is 17.6 Å². The molecule has 0 saturated carbocycles. The molecule has 0 bridgehead atoms. The van der Waals surface area contributed by atoms with Crippen molar-refractivity contribution in [2.75, 3.05) is 11.9 Å². The summed E-state index contributed by atoms with van der Waals surface area (Å²) in [5, 5.41) is 11.7. The highest BCUT2D eigenvalue weighted by atomic mass is 16.5. The van der Waals surface area contributed by atoms with Gasteiger partial charge in [-0.15, -0.1) is 0 Å². The molecule has 0 fully saturated rings. The minimum Gasteiger partial charge on any atom is -0.493 e. The number of amides is 1. The molecule has 1 amide bonds. The Morgan fingerprint density at radius 3 is 2.87 bits per heavy atom. The van der Waals surface area contributed by atoms with Crippen LogP contribution in [0.25, 0.3) is 6.08 Å². The highest BCUT2D eigenvalue weighted by Crippen LogP contribution is 2.35. The van der Waals surface area contributed by atoms with E-state index in [1.165, 1.54) is 13.0 Å². The largest absolute Gasteiger partial charge is 0.493 e. The Hall–Kier alpha value is -3.79. The molecule has 1 N–H and O–H groups in total. The lowest BCUT2D eigenvalue weighted by Crippen LogP contribution is -2.29. The van der Waals surface area contributed by atoms with Crippen LogP contribution in [0.1, 0.15) is 37.5 Å². The number of rotatable bonds is 7. The molecule has 0 unspecified atom stereocenters. The Balaban J connectivity index is 1.65. The molecular formula is C24H24N2O5. The van der Waals surface area contributed by atoms with Gasteiger partial charge in [0.25, 0.3) is 5.91 Å². The third kappa shape index (κ3) is 5.43. The van der Waals surface area contributed by atoms with Crippen LogP contribution in [0.2, 0.25) is 0 Å². The summed E-state index contributed by atoms with van der Waals surface area (Å²) in [7, 11) is 0. The first-order chi connectivity index (χ1) is 14.9. The number of nitrogens with zero attached hydrogens (tertiary/aromatic N) is 1. The van der Waals surface area contributed by atoms with Crippen LogP contribution in [0, 0.1) is 11.3 Å². The Bertz CT molecular complexity index is 1050. The van der Waals surface area contributed by atoms with Crippen LogP contribution in [0.3, 0.4) is 0 Å². The van der Waals surface area contributed by atoms with Crippen LogP contribution >= 0.6 is 0 Å². The maximum Gasteiger partial charge on any atom is 0.331 e. The third-order valence-corrected chi connectivity index (χ3v) is 4.69. The zero-order chi connectivity index (χ0) is 22.4. The summed E-state index contributed by atoms with van der Waals surface area (Å²) >= 11 is 0. The minimum atomic E-state index is -1.04. The van der Waals surface area contributed by atoms with E-state index in [1.54, 1.807) is 30.3 Å². The number of benzene rings is 2. The monoisotopic (exact) mass is 420 g/mol. The number of esters is 1. The van der Waals surface area contributed by atoms with Crippen molar-refractivity contribution in [3.05, 3.63) is 59.2 Å². The Morgan fingerprint density at radius 2 is 2.13 bits per heavy atom. The van der Waals surface area contributed by atoms with E-state index in [1.807, 2.05) is 32.0 Å². The van der Waals surface area contributed by atoms with Gasteiger partial charge in [0.05, 0.1) is 17.9 Å². The normalized spacial score (nSPS) is 15.5. The van der Waals surface area contributed by atoms with Crippen molar-refractivity contribution in [1.29, 1.82) is 5.26 Å². The van der Waals surface area contributed by atoms with Gasteiger partial charge in [0.2, 0.25) is 0 Å². The molecule has 2 atom stereocenters. The van der Waals surface area contributed by atoms with Crippen molar-refractivity contribution in [1.82, 2.24) is 0 Å². The summed E-state index contributed by atoms with van der Waals surface area (Å²) in [5.74, 6) is 0.225. The van der Waals surface area contributed by atoms with E-state index in [0.717, 1.165) is 17.7 Å². The maximum absolute atomic E-state index is 12.3. The lowest BCUT2D eigenvalue weighted by Gasteiger charge is -2.13. The Kier molecular flexibility index (Phi) is 6.93. The molecule has 0 radical (unpaired) electrons. The predicted octanol–water partition coefficient (Wildman–Crippen LogP) is 3.86. The average Bonchev–Trinajstić information content (AvgIpc) is 3.11. The highest BCUT2D eigenvalue weighted by Gasteiger charge is 2.22. The topological polar surface area (TPSA) is 97.6 Å². The molecule has 31 heavy (non-hydrogen) atoms. The number of hydrogen-bond donors (Lipinski definition) is 1. The SMILES string of the molecule is CCOc1cc2c(cc1/C=C/C(=O)O[C@@H](C)C(=O)Nc1ccccc1C#N)O[C@@H](C)C2. The fraction of sp³-hybridized carbons (Fsp3) is 0.292. The molecule has 0 aliphatic carbocycles. The lowest BCUT2D eigenvalue weighted by atomic mass is 10.1. The molecule has 160 valence electrons. The van der Waals surface area contributed by atoms with E-state index in [2.05, 4.69) is 5.32 Å². The molecule has 2 aromatic rings. The van der Waals surface area contributed by atoms with Crippen LogP contribution in [-0.4, -0.2) is 30.7 Å². The quantitative estimate of drug-likeness (QED) is 0.540. The zero-order valence-corrected chi connectivity index (χ0v) is 17.7. The molecule has 1 heterocycles. The first kappa shape index (κ1) is 21.9. The molecule has 0 spiro atoms. The van der Waals surface area contributed by atoms with Gasteiger partial charge in [0, 0.05) is 23.6 Å². The van der Waals surface area contributed by atoms with E-state index in [-0.39, 0.29) is 6.10 Å². The summed E-state index contributed by atoms with van der Waals surface area (Å²) in [6, 6.07) is 12.4. The van der Waals surface area contributed by atoms with Gasteiger partial charge < -0.3 is 19.5 Å². The highest BCUT2D eigenvalue weighted by molar-refractivity contribution is 5.97. The van der Waals surface area contributed by atoms with Crippen LogP contribution in [0.4, 0.5) is 5.69 Å². The number of carbonyl (C=O) groups excluding carboxylic acids is 2. The first-order valence-corrected chi connectivity index (χ1v) is 10.1. The van der Waals surface area contributed by atoms with Gasteiger partial charge in [-0.3, -0.25) is 4.79 Å². The lowest BCUT2D eigenvalue weighted by molar-refractivity contribution is -0.148. The molecule has 7 heteroatoms. The summed E-state index contributed by atoms with van der Waals surface area (Å²) < 4.78 is 16.7. The number of nitrogens with one attached hydrogen (secondary N) is 1. The van der Waals surface area contributed by atoms with Gasteiger partial charge in [0.1, 0.15) is 23.7 Å². The van der Waals surface area contributed by atoms with Gasteiger partial charge in [0.15, 0.2) is 6.10 Å². The fourth-order valence-electron chi connectivity index (χ4n) is 3.21. The summed E-state index contributed by atoms with van der Waals surface area (Å²) in [6.07, 6.45) is 2.69. The first-order valence-electron chi connectivity index (χ1n) is 10.1. The van der Waals surface area contributed by atoms with Crippen molar-refractivity contribution in [2.24, 2.45) is 0 Å². The number of para-hydroxylation sites is 1. The van der Waals surface area contributed by atoms with E-state index < -0.39 is 18.0 Å². The molecule has 0 saturated heterocycles. The van der Waals surface area contributed by atoms with E-state index >= 15 is 0 Å². The van der Waals surface area contributed by atoms with Gasteiger partial charge in [-0.25, -0.2) is 4.79 Å². The average molecular weight is 420 g/mol. The molecule has 2 aromatic carbocycles. The maximum atomic E-state index is 12.3. The number of carbonyl (C=O) groups is 2. The minimum absolute atomic E-state index is 0.0965. The second-order valence-corrected chi connectivity index (χ2v) is 7.12. The van der Waals surface area contributed by atoms with Crippen LogP contribution in [0.15, 0.2) is 42.5 Å². The van der Waals surface area contributed by atoms with E-state index in [9.17, 15) is 9.59 Å². The Morgan fingerprint density at radius 1 is 1.35 bits per heavy atom. The van der Waals surface area contributed by atoms with Crippen LogP contribution in [-0.2, 0) is 20.7 Å². The van der Waals surface area contributed by atoms with Gasteiger partial charge in [-0.1, -0.05) is 12.1 Å². The van der Waals surface area contributed by atoms with Crippen molar-refractivity contribution in [2.45, 2.75) is 39.4 Å². The van der Waals surface area contributed by atoms with Crippen molar-refractivity contribution >= 4 is 23.6 Å². The number of fused-ring (bicyclic) bond motifs is 1. The number of nitriles is 1. The van der Waals surface area contributed by atoms with Gasteiger partial charge >= 0.3 is 5.97 Å². The van der Waals surface area contributed by atoms with Gasteiger partial charge in [-0.2, -0.15) is 5.26 Å². The van der Waals surface area contributed by atoms with Crippen LogP contribution in [0.5, 0.6) is 11.5 Å². The van der Waals surface area contributed by atoms with Gasteiger partial charge in [-0.05, 0) is 51.1 Å². The summed E-state index contributed by atoms with van der Waals surface area (Å²) in [5.41, 5.74) is 2.44. The molecule has 7 nitrogen and oxygen atoms in total. The second-order valence-electron chi connectivity index (χ2n) is 7.12. The smallest absolute Gasteiger partial charge is 0.331 e. The van der Waals surface area contributed by atoms with E-state index in [4.69, 9.17) is 19.5 Å². The van der Waals surface area contributed by atoms with Crippen LogP contribution < -0.4 is 14.8 Å². The zero-order valence-electron chi connectivity index (χ0n) is 17.7. The van der Waals surface area contributed by atoms with E-state index in [0.29, 0.717) is 29.2 Å². The third-order valence-electron chi connectivity index (χ3n) is 4.69. The number of hydrogen-bond acceptors (Lipinski definition) is 6. The second kappa shape index (κ2) is 9.81. The molecule has 0 aromatic heterocycles. The van der Waals surface area contributed by atoms with Crippen molar-refractivity contribution in [3.63, 3.8) is 0 Å². The fourth-order valence-corrected chi connectivity index (χ4v) is 3.21. The molecule has 3 rings (SSSR count). The number of anilines is 1. The molecule has 1 aliphatic rings.